The number of benzene rings is 2. The zero-order valence-corrected chi connectivity index (χ0v) is 17.0. The van der Waals surface area contributed by atoms with Gasteiger partial charge in [-0.15, -0.1) is 0 Å². The first-order chi connectivity index (χ1) is 14.5. The van der Waals surface area contributed by atoms with Crippen molar-refractivity contribution in [2.45, 2.75) is 33.1 Å². The first-order valence-electron chi connectivity index (χ1n) is 10.0. The van der Waals surface area contributed by atoms with Gasteiger partial charge in [-0.2, -0.15) is 5.10 Å². The summed E-state index contributed by atoms with van der Waals surface area (Å²) in [4.78, 5) is 24.9. The van der Waals surface area contributed by atoms with E-state index in [1.54, 1.807) is 10.7 Å². The minimum absolute atomic E-state index is 0.0690. The number of anilines is 1. The quantitative estimate of drug-likeness (QED) is 0.677. The van der Waals surface area contributed by atoms with Crippen LogP contribution < -0.4 is 10.6 Å². The van der Waals surface area contributed by atoms with Crippen LogP contribution in [-0.4, -0.2) is 28.1 Å². The number of aryl methyl sites for hydroxylation is 1. The molecule has 0 unspecified atom stereocenters. The lowest BCUT2D eigenvalue weighted by atomic mass is 9.98. The molecule has 0 radical (unpaired) electrons. The molecule has 7 heteroatoms. The summed E-state index contributed by atoms with van der Waals surface area (Å²) in [5, 5.41) is 9.80. The molecule has 1 aromatic heterocycles. The minimum atomic E-state index is -0.556. The highest BCUT2D eigenvalue weighted by atomic mass is 19.1. The molecule has 0 saturated carbocycles. The molecule has 0 aliphatic carbocycles. The number of nitrogens with one attached hydrogen (secondary N) is 2. The Morgan fingerprint density at radius 2 is 2.07 bits per heavy atom. The Hall–Kier alpha value is -3.48. The van der Waals surface area contributed by atoms with E-state index in [1.807, 2.05) is 38.1 Å². The van der Waals surface area contributed by atoms with Gasteiger partial charge in [-0.1, -0.05) is 31.5 Å². The number of amides is 2. The van der Waals surface area contributed by atoms with Gasteiger partial charge in [0.25, 0.3) is 11.8 Å². The van der Waals surface area contributed by atoms with Crippen molar-refractivity contribution in [2.24, 2.45) is 0 Å². The molecule has 2 heterocycles. The number of carbonyl (C=O) groups excluding carboxylic acids is 2. The Labute approximate surface area is 174 Å². The van der Waals surface area contributed by atoms with Crippen molar-refractivity contribution in [3.8, 4) is 5.69 Å². The van der Waals surface area contributed by atoms with Crippen LogP contribution in [0, 0.1) is 12.7 Å². The van der Waals surface area contributed by atoms with E-state index in [2.05, 4.69) is 15.7 Å². The lowest BCUT2D eigenvalue weighted by molar-refractivity contribution is 0.0944. The molecule has 3 aromatic rings. The molecule has 0 atom stereocenters. The number of aromatic nitrogens is 2. The van der Waals surface area contributed by atoms with E-state index < -0.39 is 11.7 Å². The van der Waals surface area contributed by atoms with Crippen LogP contribution in [0.3, 0.4) is 0 Å². The van der Waals surface area contributed by atoms with Gasteiger partial charge in [0, 0.05) is 17.7 Å². The number of fused-ring (bicyclic) bond motifs is 1. The molecule has 2 aromatic carbocycles. The molecule has 6 nitrogen and oxygen atoms in total. The molecular formula is C23H23FN4O2. The van der Waals surface area contributed by atoms with Crippen LogP contribution in [0.1, 0.15) is 50.9 Å². The van der Waals surface area contributed by atoms with Crippen molar-refractivity contribution in [3.63, 3.8) is 0 Å². The van der Waals surface area contributed by atoms with E-state index in [0.29, 0.717) is 36.1 Å². The fraction of sp³-hybridized carbons (Fsp3) is 0.261. The number of hydrogen-bond donors (Lipinski definition) is 2. The summed E-state index contributed by atoms with van der Waals surface area (Å²) in [6, 6.07) is 10.8. The first kappa shape index (κ1) is 19.8. The van der Waals surface area contributed by atoms with Gasteiger partial charge in [0.05, 0.1) is 28.8 Å². The Balaban J connectivity index is 1.68. The molecule has 4 rings (SSSR count). The minimum Gasteiger partial charge on any atom is -0.352 e. The van der Waals surface area contributed by atoms with Gasteiger partial charge in [0.15, 0.2) is 5.82 Å². The second kappa shape index (κ2) is 8.10. The topological polar surface area (TPSA) is 76.0 Å². The standard InChI is InChI=1S/C23H23FN4O2/c1-3-6-20-17(13-26-28(20)19-8-5-4-7-14(19)2)23(30)27-18-10-9-16-15(21(18)24)11-12-25-22(16)29/h4-5,7-10,13H,3,6,11-12H2,1-2H3,(H,25,29)(H,27,30). The van der Waals surface area contributed by atoms with Gasteiger partial charge in [-0.05, 0) is 43.5 Å². The van der Waals surface area contributed by atoms with Gasteiger partial charge in [-0.3, -0.25) is 9.59 Å². The first-order valence-corrected chi connectivity index (χ1v) is 10.0. The lowest BCUT2D eigenvalue weighted by Gasteiger charge is -2.19. The molecule has 2 N–H and O–H groups in total. The van der Waals surface area contributed by atoms with Crippen molar-refractivity contribution in [1.29, 1.82) is 0 Å². The van der Waals surface area contributed by atoms with Crippen LogP contribution in [0.2, 0.25) is 0 Å². The molecule has 30 heavy (non-hydrogen) atoms. The third-order valence-corrected chi connectivity index (χ3v) is 5.34. The van der Waals surface area contributed by atoms with Crippen molar-refractivity contribution < 1.29 is 14.0 Å². The third kappa shape index (κ3) is 3.47. The van der Waals surface area contributed by atoms with Crippen molar-refractivity contribution in [2.75, 3.05) is 11.9 Å². The van der Waals surface area contributed by atoms with Crippen LogP contribution in [0.5, 0.6) is 0 Å². The second-order valence-corrected chi connectivity index (χ2v) is 7.37. The van der Waals surface area contributed by atoms with E-state index in [-0.39, 0.29) is 11.6 Å². The number of nitrogens with zero attached hydrogens (tertiary/aromatic N) is 2. The van der Waals surface area contributed by atoms with Crippen LogP contribution in [0.4, 0.5) is 10.1 Å². The Bertz CT molecular complexity index is 1140. The molecule has 1 aliphatic rings. The second-order valence-electron chi connectivity index (χ2n) is 7.37. The van der Waals surface area contributed by atoms with Crippen molar-refractivity contribution in [3.05, 3.63) is 76.4 Å². The Morgan fingerprint density at radius 3 is 2.83 bits per heavy atom. The molecule has 0 spiro atoms. The number of carbonyl (C=O) groups is 2. The highest BCUT2D eigenvalue weighted by molar-refractivity contribution is 6.05. The fourth-order valence-electron chi connectivity index (χ4n) is 3.81. The predicted molar refractivity (Wildman–Crippen MR) is 113 cm³/mol. The number of rotatable bonds is 5. The summed E-state index contributed by atoms with van der Waals surface area (Å²) in [7, 11) is 0. The average molecular weight is 406 g/mol. The van der Waals surface area contributed by atoms with E-state index in [1.165, 1.54) is 12.3 Å². The van der Waals surface area contributed by atoms with Gasteiger partial charge in [0.1, 0.15) is 0 Å². The maximum absolute atomic E-state index is 15.0. The smallest absolute Gasteiger partial charge is 0.259 e. The zero-order valence-electron chi connectivity index (χ0n) is 17.0. The number of halogens is 1. The van der Waals surface area contributed by atoms with E-state index in [4.69, 9.17) is 0 Å². The fourth-order valence-corrected chi connectivity index (χ4v) is 3.81. The summed E-state index contributed by atoms with van der Waals surface area (Å²) >= 11 is 0. The van der Waals surface area contributed by atoms with Gasteiger partial charge in [0.2, 0.25) is 0 Å². The van der Waals surface area contributed by atoms with Gasteiger partial charge < -0.3 is 10.6 Å². The molecule has 0 fully saturated rings. The highest BCUT2D eigenvalue weighted by Gasteiger charge is 2.24. The van der Waals surface area contributed by atoms with Gasteiger partial charge in [-0.25, -0.2) is 9.07 Å². The van der Waals surface area contributed by atoms with Gasteiger partial charge >= 0.3 is 0 Å². The Morgan fingerprint density at radius 1 is 1.27 bits per heavy atom. The summed E-state index contributed by atoms with van der Waals surface area (Å²) in [6.07, 6.45) is 3.41. The summed E-state index contributed by atoms with van der Waals surface area (Å²) < 4.78 is 16.7. The zero-order chi connectivity index (χ0) is 21.3. The van der Waals surface area contributed by atoms with E-state index >= 15 is 0 Å². The maximum Gasteiger partial charge on any atom is 0.259 e. The van der Waals surface area contributed by atoms with Crippen LogP contribution in [0.15, 0.2) is 42.6 Å². The predicted octanol–water partition coefficient (Wildman–Crippen LogP) is 3.81. The highest BCUT2D eigenvalue weighted by Crippen LogP contribution is 2.26. The maximum atomic E-state index is 15.0. The molecule has 1 aliphatic heterocycles. The van der Waals surface area contributed by atoms with Crippen LogP contribution in [0.25, 0.3) is 5.69 Å². The molecule has 154 valence electrons. The van der Waals surface area contributed by atoms with E-state index in [0.717, 1.165) is 23.4 Å². The summed E-state index contributed by atoms with van der Waals surface area (Å²) in [5.41, 5.74) is 3.86. The van der Waals surface area contributed by atoms with Crippen molar-refractivity contribution >= 4 is 17.5 Å². The van der Waals surface area contributed by atoms with Crippen LogP contribution in [-0.2, 0) is 12.8 Å². The van der Waals surface area contributed by atoms with E-state index in [9.17, 15) is 14.0 Å². The number of para-hydroxylation sites is 1. The Kier molecular flexibility index (Phi) is 5.35. The molecule has 2 amide bonds. The molecular weight excluding hydrogens is 383 g/mol. The largest absolute Gasteiger partial charge is 0.352 e. The molecule has 0 saturated heterocycles. The summed E-state index contributed by atoms with van der Waals surface area (Å²) in [6.45, 7) is 4.40. The monoisotopic (exact) mass is 406 g/mol. The summed E-state index contributed by atoms with van der Waals surface area (Å²) in [5.74, 6) is -1.27. The number of hydrogen-bond acceptors (Lipinski definition) is 3. The lowest BCUT2D eigenvalue weighted by Crippen LogP contribution is -2.32. The average Bonchev–Trinajstić information content (AvgIpc) is 3.15. The van der Waals surface area contributed by atoms with Crippen LogP contribution >= 0.6 is 0 Å². The third-order valence-electron chi connectivity index (χ3n) is 5.34. The van der Waals surface area contributed by atoms with Crippen molar-refractivity contribution in [1.82, 2.24) is 15.1 Å². The SMILES string of the molecule is CCCc1c(C(=O)Nc2ccc3c(c2F)CCNC3=O)cnn1-c1ccccc1C. The molecule has 0 bridgehead atoms. The normalized spacial score (nSPS) is 13.0.